The van der Waals surface area contributed by atoms with Crippen molar-refractivity contribution < 1.29 is 34.3 Å². The summed E-state index contributed by atoms with van der Waals surface area (Å²) in [6, 6.07) is 2.35. The predicted molar refractivity (Wildman–Crippen MR) is 79.1 cm³/mol. The van der Waals surface area contributed by atoms with Crippen molar-refractivity contribution in [1.29, 1.82) is 0 Å². The van der Waals surface area contributed by atoms with Gasteiger partial charge < -0.3 is 19.9 Å². The summed E-state index contributed by atoms with van der Waals surface area (Å²) in [6.07, 6.45) is 1.45. The Balaban J connectivity index is 1.65. The van der Waals surface area contributed by atoms with Crippen LogP contribution in [0.15, 0.2) is 24.4 Å². The number of nitrogens with zero attached hydrogens (tertiary/aromatic N) is 2. The second-order valence-corrected chi connectivity index (χ2v) is 5.23. The van der Waals surface area contributed by atoms with E-state index in [1.807, 2.05) is 0 Å². The molecule has 1 aliphatic heterocycles. The third kappa shape index (κ3) is 4.28. The molecule has 0 unspecified atom stereocenters. The average molecular weight is 338 g/mol. The van der Waals surface area contributed by atoms with E-state index in [2.05, 4.69) is 6.58 Å². The maximum absolute atomic E-state index is 11.6. The van der Waals surface area contributed by atoms with Crippen LogP contribution in [-0.4, -0.2) is 37.9 Å². The zero-order valence-electron chi connectivity index (χ0n) is 12.9. The fraction of sp³-hybridized carbons (Fsp3) is 0.400. The Hall–Kier alpha value is -2.97. The van der Waals surface area contributed by atoms with E-state index in [9.17, 15) is 24.6 Å². The highest BCUT2D eigenvalue weighted by Crippen LogP contribution is 2.21. The molecule has 0 aromatic carbocycles. The molecule has 0 atom stereocenters. The summed E-state index contributed by atoms with van der Waals surface area (Å²) >= 11 is 0. The SMILES string of the molecule is C=C1CCC(=O)N1OC(=O)CCCCC(=O)On1c(O)ccc1O. The van der Waals surface area contributed by atoms with Gasteiger partial charge in [0.25, 0.3) is 5.91 Å². The number of aromatic nitrogens is 1. The van der Waals surface area contributed by atoms with Crippen molar-refractivity contribution in [2.75, 3.05) is 0 Å². The quantitative estimate of drug-likeness (QED) is 0.712. The Morgan fingerprint density at radius 3 is 2.08 bits per heavy atom. The molecule has 1 aliphatic rings. The van der Waals surface area contributed by atoms with Crippen LogP contribution in [0.4, 0.5) is 0 Å². The Kier molecular flexibility index (Phi) is 5.46. The molecule has 1 aromatic rings. The molecule has 1 fully saturated rings. The number of amides is 1. The van der Waals surface area contributed by atoms with Gasteiger partial charge in [-0.2, -0.15) is 0 Å². The Morgan fingerprint density at radius 2 is 1.58 bits per heavy atom. The summed E-state index contributed by atoms with van der Waals surface area (Å²) in [5.41, 5.74) is 0.447. The lowest BCUT2D eigenvalue weighted by atomic mass is 10.2. The zero-order chi connectivity index (χ0) is 17.7. The zero-order valence-corrected chi connectivity index (χ0v) is 12.9. The van der Waals surface area contributed by atoms with Crippen molar-refractivity contribution in [2.45, 2.75) is 38.5 Å². The largest absolute Gasteiger partial charge is 0.492 e. The summed E-state index contributed by atoms with van der Waals surface area (Å²) < 4.78 is 0.598. The normalized spacial score (nSPS) is 14.1. The van der Waals surface area contributed by atoms with Crippen LogP contribution in [0, 0.1) is 0 Å². The van der Waals surface area contributed by atoms with Crippen molar-refractivity contribution in [2.24, 2.45) is 0 Å². The lowest BCUT2D eigenvalue weighted by molar-refractivity contribution is -0.186. The molecule has 1 aromatic heterocycles. The van der Waals surface area contributed by atoms with Gasteiger partial charge in [0.05, 0.1) is 5.70 Å². The highest BCUT2D eigenvalue weighted by molar-refractivity contribution is 5.82. The molecular formula is C15H18N2O7. The number of carbonyl (C=O) groups excluding carboxylic acids is 3. The van der Waals surface area contributed by atoms with Gasteiger partial charge in [-0.15, -0.1) is 9.79 Å². The van der Waals surface area contributed by atoms with Gasteiger partial charge in [0.2, 0.25) is 11.8 Å². The summed E-state index contributed by atoms with van der Waals surface area (Å²) in [5.74, 6) is -2.36. The molecule has 24 heavy (non-hydrogen) atoms. The standard InChI is InChI=1S/C15H18N2O7/c1-10-6-7-11(18)16(10)23-14(21)4-2-3-5-15(22)24-17-12(19)8-9-13(17)20/h8-9,19-20H,1-7H2. The average Bonchev–Trinajstić information content (AvgIpc) is 3.01. The number of hydroxylamine groups is 2. The van der Waals surface area contributed by atoms with Gasteiger partial charge >= 0.3 is 11.9 Å². The molecule has 0 bridgehead atoms. The van der Waals surface area contributed by atoms with Crippen molar-refractivity contribution >= 4 is 17.8 Å². The van der Waals surface area contributed by atoms with Gasteiger partial charge in [-0.05, 0) is 19.3 Å². The molecule has 2 N–H and O–H groups in total. The van der Waals surface area contributed by atoms with Crippen LogP contribution >= 0.6 is 0 Å². The number of hydrogen-bond acceptors (Lipinski definition) is 7. The molecule has 1 amide bonds. The first-order valence-corrected chi connectivity index (χ1v) is 7.41. The first-order chi connectivity index (χ1) is 11.4. The molecular weight excluding hydrogens is 320 g/mol. The van der Waals surface area contributed by atoms with Gasteiger partial charge in [0.1, 0.15) is 0 Å². The molecule has 9 nitrogen and oxygen atoms in total. The maximum atomic E-state index is 11.6. The van der Waals surface area contributed by atoms with E-state index in [0.29, 0.717) is 29.7 Å². The van der Waals surface area contributed by atoms with Gasteiger partial charge in [-0.25, -0.2) is 9.59 Å². The molecule has 0 spiro atoms. The fourth-order valence-corrected chi connectivity index (χ4v) is 2.08. The first-order valence-electron chi connectivity index (χ1n) is 7.41. The highest BCUT2D eigenvalue weighted by atomic mass is 16.7. The van der Waals surface area contributed by atoms with Gasteiger partial charge in [0.15, 0.2) is 0 Å². The molecule has 0 aliphatic carbocycles. The van der Waals surface area contributed by atoms with E-state index in [1.165, 1.54) is 12.1 Å². The highest BCUT2D eigenvalue weighted by Gasteiger charge is 2.27. The third-order valence-electron chi connectivity index (χ3n) is 3.34. The Labute approximate surface area is 137 Å². The second-order valence-electron chi connectivity index (χ2n) is 5.23. The summed E-state index contributed by atoms with van der Waals surface area (Å²) in [6.45, 7) is 3.63. The minimum absolute atomic E-state index is 0.0142. The lowest BCUT2D eigenvalue weighted by Crippen LogP contribution is -2.26. The Morgan fingerprint density at radius 1 is 1.04 bits per heavy atom. The molecule has 0 saturated carbocycles. The van der Waals surface area contributed by atoms with E-state index in [1.54, 1.807) is 0 Å². The second kappa shape index (κ2) is 7.53. The van der Waals surface area contributed by atoms with Gasteiger partial charge in [-0.3, -0.25) is 4.79 Å². The lowest BCUT2D eigenvalue weighted by Gasteiger charge is -2.15. The van der Waals surface area contributed by atoms with E-state index in [-0.39, 0.29) is 25.2 Å². The summed E-state index contributed by atoms with van der Waals surface area (Å²) in [4.78, 5) is 44.3. The minimum Gasteiger partial charge on any atom is -0.492 e. The molecule has 9 heteroatoms. The fourth-order valence-electron chi connectivity index (χ4n) is 2.08. The van der Waals surface area contributed by atoms with E-state index in [4.69, 9.17) is 9.68 Å². The maximum Gasteiger partial charge on any atom is 0.333 e. The number of carbonyl (C=O) groups is 3. The summed E-state index contributed by atoms with van der Waals surface area (Å²) in [7, 11) is 0. The molecule has 1 saturated heterocycles. The van der Waals surface area contributed by atoms with Crippen molar-refractivity contribution in [1.82, 2.24) is 9.79 Å². The van der Waals surface area contributed by atoms with Gasteiger partial charge in [-0.1, -0.05) is 6.58 Å². The molecule has 2 heterocycles. The van der Waals surface area contributed by atoms with Crippen LogP contribution in [0.1, 0.15) is 38.5 Å². The third-order valence-corrected chi connectivity index (χ3v) is 3.34. The summed E-state index contributed by atoms with van der Waals surface area (Å²) in [5, 5.41) is 19.6. The van der Waals surface area contributed by atoms with Crippen LogP contribution in [0.3, 0.4) is 0 Å². The first kappa shape index (κ1) is 17.4. The topological polar surface area (TPSA) is 118 Å². The van der Waals surface area contributed by atoms with Crippen molar-refractivity contribution in [3.8, 4) is 11.8 Å². The Bertz CT molecular complexity index is 629. The number of rotatable bonds is 7. The predicted octanol–water partition coefficient (Wildman–Crippen LogP) is 1.01. The van der Waals surface area contributed by atoms with Crippen LogP contribution in [0.25, 0.3) is 0 Å². The monoisotopic (exact) mass is 338 g/mol. The molecule has 2 rings (SSSR count). The van der Waals surface area contributed by atoms with E-state index < -0.39 is 23.7 Å². The van der Waals surface area contributed by atoms with E-state index >= 15 is 0 Å². The van der Waals surface area contributed by atoms with Crippen LogP contribution < -0.4 is 4.84 Å². The number of unbranched alkanes of at least 4 members (excludes halogenated alkanes) is 1. The minimum atomic E-state index is -0.673. The smallest absolute Gasteiger partial charge is 0.333 e. The van der Waals surface area contributed by atoms with Crippen LogP contribution in [0.2, 0.25) is 0 Å². The molecule has 130 valence electrons. The van der Waals surface area contributed by atoms with Crippen molar-refractivity contribution in [3.63, 3.8) is 0 Å². The number of aromatic hydroxyl groups is 2. The van der Waals surface area contributed by atoms with Crippen LogP contribution in [-0.2, 0) is 19.2 Å². The van der Waals surface area contributed by atoms with Gasteiger partial charge in [0, 0.05) is 31.4 Å². The van der Waals surface area contributed by atoms with E-state index in [0.717, 1.165) is 5.06 Å². The van der Waals surface area contributed by atoms with Crippen molar-refractivity contribution in [3.05, 3.63) is 24.4 Å². The number of allylic oxidation sites excluding steroid dienone is 1. The number of hydrogen-bond donors (Lipinski definition) is 2. The van der Waals surface area contributed by atoms with Crippen LogP contribution in [0.5, 0.6) is 11.8 Å². The molecule has 0 radical (unpaired) electrons.